The average molecular weight is 596 g/mol. The molecule has 2 heterocycles. The first-order chi connectivity index (χ1) is 20.5. The second-order valence-electron chi connectivity index (χ2n) is 13.0. The maximum atomic E-state index is 14.6. The van der Waals surface area contributed by atoms with Crippen LogP contribution in [0.25, 0.3) is 0 Å². The number of quaternary nitrogens is 2. The van der Waals surface area contributed by atoms with E-state index in [-0.39, 0.29) is 29.4 Å². The van der Waals surface area contributed by atoms with Crippen molar-refractivity contribution in [3.63, 3.8) is 0 Å². The Bertz CT molecular complexity index is 1340. The van der Waals surface area contributed by atoms with E-state index in [4.69, 9.17) is 4.74 Å². The van der Waals surface area contributed by atoms with E-state index in [2.05, 4.69) is 11.1 Å². The zero-order valence-electron chi connectivity index (χ0n) is 25.7. The molecular weight excluding hydrogens is 549 g/mol. The quantitative estimate of drug-likeness (QED) is 0.511. The molecule has 43 heavy (non-hydrogen) atoms. The maximum absolute atomic E-state index is 14.6. The number of ether oxygens (including phenoxy) is 1. The molecule has 5 N–H and O–H groups in total. The van der Waals surface area contributed by atoms with Gasteiger partial charge in [0, 0.05) is 56.5 Å². The standard InChI is InChI=1S/C33H44FN5O4/c1-33(2,35)32(42)37(3)26-18-24(17-25(34)20-26)31(41)39-15-13-38(14-16-39)30(40)23-9-10-29(43-27-11-12-36-21-27)28(19-23)22-7-5-4-6-8-22/h9-10,17-20,22,27,36H,4-8,11-16,21,35H2,1-3H3/p+2/t27-/m0/s1. The zero-order chi connectivity index (χ0) is 30.7. The van der Waals surface area contributed by atoms with Gasteiger partial charge in [-0.15, -0.1) is 0 Å². The van der Waals surface area contributed by atoms with E-state index in [0.29, 0.717) is 43.3 Å². The summed E-state index contributed by atoms with van der Waals surface area (Å²) in [4.78, 5) is 44.4. The van der Waals surface area contributed by atoms with Crippen LogP contribution in [0.1, 0.15) is 84.6 Å². The molecule has 3 fully saturated rings. The molecule has 1 saturated carbocycles. The molecule has 2 aromatic rings. The molecule has 0 unspecified atom stereocenters. The zero-order valence-corrected chi connectivity index (χ0v) is 25.7. The Labute approximate surface area is 253 Å². The number of halogens is 1. The smallest absolute Gasteiger partial charge is 0.287 e. The summed E-state index contributed by atoms with van der Waals surface area (Å²) in [5.74, 6) is 0.0679. The third kappa shape index (κ3) is 7.18. The molecular formula is C33H46FN5O4+2. The minimum Gasteiger partial charge on any atom is -0.484 e. The van der Waals surface area contributed by atoms with Crippen LogP contribution in [0.2, 0.25) is 0 Å². The lowest BCUT2D eigenvalue weighted by atomic mass is 9.83. The molecule has 9 nitrogen and oxygen atoms in total. The first-order valence-electron chi connectivity index (χ1n) is 15.7. The molecule has 232 valence electrons. The van der Waals surface area contributed by atoms with Gasteiger partial charge in [-0.2, -0.15) is 0 Å². The van der Waals surface area contributed by atoms with Crippen molar-refractivity contribution in [2.45, 2.75) is 69.9 Å². The Kier molecular flexibility index (Phi) is 9.36. The Balaban J connectivity index is 1.26. The second-order valence-corrected chi connectivity index (χ2v) is 13.0. The fraction of sp³-hybridized carbons (Fsp3) is 0.545. The van der Waals surface area contributed by atoms with Crippen molar-refractivity contribution in [1.82, 2.24) is 9.80 Å². The van der Waals surface area contributed by atoms with Crippen LogP contribution in [0.15, 0.2) is 36.4 Å². The number of amides is 3. The van der Waals surface area contributed by atoms with Crippen molar-refractivity contribution in [3.05, 3.63) is 58.9 Å². The fourth-order valence-corrected chi connectivity index (χ4v) is 6.47. The molecule has 1 atom stereocenters. The molecule has 0 bridgehead atoms. The largest absolute Gasteiger partial charge is 0.484 e. The number of carbonyl (C=O) groups is 3. The van der Waals surface area contributed by atoms with Gasteiger partial charge in [0.2, 0.25) is 0 Å². The summed E-state index contributed by atoms with van der Waals surface area (Å²) < 4.78 is 21.0. The molecule has 3 aliphatic rings. The van der Waals surface area contributed by atoms with Gasteiger partial charge in [-0.3, -0.25) is 14.4 Å². The summed E-state index contributed by atoms with van der Waals surface area (Å²) in [6.07, 6.45) is 7.13. The van der Waals surface area contributed by atoms with Crippen molar-refractivity contribution in [2.75, 3.05) is 51.2 Å². The highest BCUT2D eigenvalue weighted by Crippen LogP contribution is 2.39. The van der Waals surface area contributed by atoms with Crippen LogP contribution in [0.4, 0.5) is 10.1 Å². The minimum atomic E-state index is -0.896. The summed E-state index contributed by atoms with van der Waals surface area (Å²) in [6.45, 7) is 6.87. The molecule has 0 radical (unpaired) electrons. The van der Waals surface area contributed by atoms with Crippen LogP contribution in [0, 0.1) is 5.82 Å². The van der Waals surface area contributed by atoms with E-state index in [0.717, 1.165) is 43.7 Å². The van der Waals surface area contributed by atoms with Crippen LogP contribution in [-0.4, -0.2) is 85.5 Å². The molecule has 1 aliphatic carbocycles. The molecule has 2 aromatic carbocycles. The lowest BCUT2D eigenvalue weighted by molar-refractivity contribution is -0.638. The number of hydrogen-bond donors (Lipinski definition) is 2. The Morgan fingerprint density at radius 1 is 0.930 bits per heavy atom. The van der Waals surface area contributed by atoms with Crippen molar-refractivity contribution >= 4 is 23.4 Å². The molecule has 2 aliphatic heterocycles. The number of rotatable bonds is 7. The molecule has 5 rings (SSSR count). The number of hydrogen-bond acceptors (Lipinski definition) is 4. The van der Waals surface area contributed by atoms with E-state index in [1.807, 2.05) is 18.2 Å². The lowest BCUT2D eigenvalue weighted by Crippen LogP contribution is -2.81. The van der Waals surface area contributed by atoms with Crippen LogP contribution < -0.4 is 20.7 Å². The monoisotopic (exact) mass is 595 g/mol. The van der Waals surface area contributed by atoms with Crippen molar-refractivity contribution in [1.29, 1.82) is 0 Å². The number of likely N-dealkylation sites (N-methyl/N-ethyl adjacent to an activating group) is 1. The maximum Gasteiger partial charge on any atom is 0.287 e. The summed E-state index contributed by atoms with van der Waals surface area (Å²) >= 11 is 0. The summed E-state index contributed by atoms with van der Waals surface area (Å²) in [5.41, 5.74) is 5.24. The highest BCUT2D eigenvalue weighted by Gasteiger charge is 2.32. The van der Waals surface area contributed by atoms with E-state index in [1.165, 1.54) is 42.4 Å². The number of nitrogens with two attached hydrogens (primary N) is 1. The number of nitrogens with zero attached hydrogens (tertiary/aromatic N) is 3. The number of anilines is 1. The van der Waals surface area contributed by atoms with Gasteiger partial charge in [-0.05, 0) is 74.6 Å². The summed E-state index contributed by atoms with van der Waals surface area (Å²) in [7, 11) is 1.55. The number of benzene rings is 2. The van der Waals surface area contributed by atoms with Gasteiger partial charge in [0.1, 0.15) is 18.1 Å². The van der Waals surface area contributed by atoms with Crippen LogP contribution in [0.5, 0.6) is 5.75 Å². The predicted molar refractivity (Wildman–Crippen MR) is 162 cm³/mol. The van der Waals surface area contributed by atoms with E-state index < -0.39 is 11.4 Å². The minimum absolute atomic E-state index is 0.0473. The molecule has 3 amide bonds. The third-order valence-electron chi connectivity index (χ3n) is 8.97. The Hall–Kier alpha value is -3.50. The molecule has 0 aromatic heterocycles. The Morgan fingerprint density at radius 2 is 1.58 bits per heavy atom. The van der Waals surface area contributed by atoms with E-state index >= 15 is 0 Å². The van der Waals surface area contributed by atoms with Crippen molar-refractivity contribution in [3.8, 4) is 5.75 Å². The van der Waals surface area contributed by atoms with Gasteiger partial charge < -0.3 is 30.5 Å². The van der Waals surface area contributed by atoms with Gasteiger partial charge in [-0.25, -0.2) is 4.39 Å². The molecule has 10 heteroatoms. The second kappa shape index (κ2) is 13.0. The fourth-order valence-electron chi connectivity index (χ4n) is 6.47. The molecule has 0 spiro atoms. The van der Waals surface area contributed by atoms with Gasteiger partial charge in [0.25, 0.3) is 17.7 Å². The lowest BCUT2D eigenvalue weighted by Gasteiger charge is -2.35. The summed E-state index contributed by atoms with van der Waals surface area (Å²) in [6, 6.07) is 9.86. The number of carbonyl (C=O) groups excluding carboxylic acids is 3. The van der Waals surface area contributed by atoms with Crippen molar-refractivity contribution < 1.29 is 34.6 Å². The highest BCUT2D eigenvalue weighted by atomic mass is 19.1. The van der Waals surface area contributed by atoms with E-state index in [9.17, 15) is 18.8 Å². The topological polar surface area (TPSA) is 114 Å². The number of piperazine rings is 1. The highest BCUT2D eigenvalue weighted by molar-refractivity contribution is 6.00. The van der Waals surface area contributed by atoms with Crippen LogP contribution >= 0.6 is 0 Å². The molecule has 2 saturated heterocycles. The SMILES string of the molecule is CN(C(=O)C(C)(C)[NH3+])c1cc(F)cc(C(=O)N2CCN(C(=O)c3ccc(O[C@H]4CC[NH2+]C4)c(C4CCCCC4)c3)CC2)c1. The van der Waals surface area contributed by atoms with Gasteiger partial charge in [0.15, 0.2) is 11.6 Å². The van der Waals surface area contributed by atoms with E-state index in [1.54, 1.807) is 30.7 Å². The average Bonchev–Trinajstić information content (AvgIpc) is 3.52. The van der Waals surface area contributed by atoms with Crippen molar-refractivity contribution in [2.24, 2.45) is 0 Å². The summed E-state index contributed by atoms with van der Waals surface area (Å²) in [5, 5.41) is 2.28. The van der Waals surface area contributed by atoms with Gasteiger partial charge in [-0.1, -0.05) is 19.3 Å². The predicted octanol–water partition coefficient (Wildman–Crippen LogP) is 2.17. The third-order valence-corrected chi connectivity index (χ3v) is 8.97. The van der Waals surface area contributed by atoms with Crippen LogP contribution in [-0.2, 0) is 4.79 Å². The normalized spacial score (nSPS) is 19.8. The Morgan fingerprint density at radius 3 is 2.19 bits per heavy atom. The van der Waals surface area contributed by atoms with Crippen LogP contribution in [0.3, 0.4) is 0 Å². The first-order valence-corrected chi connectivity index (χ1v) is 15.7. The van der Waals surface area contributed by atoms with Gasteiger partial charge >= 0.3 is 0 Å². The van der Waals surface area contributed by atoms with Gasteiger partial charge in [0.05, 0.1) is 6.54 Å². The first kappa shape index (κ1) is 30.9.